The van der Waals surface area contributed by atoms with Gasteiger partial charge in [-0.1, -0.05) is 30.3 Å². The minimum absolute atomic E-state index is 0.0718. The highest BCUT2D eigenvalue weighted by atomic mass is 19.3. The van der Waals surface area contributed by atoms with Crippen molar-refractivity contribution >= 4 is 5.91 Å². The van der Waals surface area contributed by atoms with Gasteiger partial charge < -0.3 is 14.1 Å². The number of nitrogens with zero attached hydrogens (tertiary/aromatic N) is 2. The molecule has 5 nitrogen and oxygen atoms in total. The van der Waals surface area contributed by atoms with Crippen LogP contribution in [0.3, 0.4) is 0 Å². The summed E-state index contributed by atoms with van der Waals surface area (Å²) >= 11 is 0. The van der Waals surface area contributed by atoms with Gasteiger partial charge >= 0.3 is 6.61 Å². The van der Waals surface area contributed by atoms with Gasteiger partial charge in [0.1, 0.15) is 11.5 Å². The average Bonchev–Trinajstić information content (AvgIpc) is 3.04. The van der Waals surface area contributed by atoms with Gasteiger partial charge in [-0.25, -0.2) is 4.98 Å². The molecule has 0 unspecified atom stereocenters. The molecule has 0 bridgehead atoms. The van der Waals surface area contributed by atoms with E-state index in [1.54, 1.807) is 26.1 Å². The van der Waals surface area contributed by atoms with E-state index in [9.17, 15) is 13.6 Å². The molecule has 140 valence electrons. The maximum Gasteiger partial charge on any atom is 0.387 e. The smallest absolute Gasteiger partial charge is 0.387 e. The molecule has 27 heavy (non-hydrogen) atoms. The summed E-state index contributed by atoms with van der Waals surface area (Å²) in [6, 6.07) is 15.5. The minimum atomic E-state index is -2.87. The largest absolute Gasteiger partial charge is 0.441 e. The van der Waals surface area contributed by atoms with E-state index in [-0.39, 0.29) is 17.4 Å². The third-order valence-corrected chi connectivity index (χ3v) is 3.93. The summed E-state index contributed by atoms with van der Waals surface area (Å²) < 4.78 is 34.3. The van der Waals surface area contributed by atoms with Crippen LogP contribution < -0.4 is 4.74 Å². The van der Waals surface area contributed by atoms with Crippen LogP contribution in [0.5, 0.6) is 5.75 Å². The maximum absolute atomic E-state index is 12.7. The first-order valence-corrected chi connectivity index (χ1v) is 8.26. The van der Waals surface area contributed by atoms with Crippen molar-refractivity contribution in [2.24, 2.45) is 0 Å². The molecule has 0 aliphatic carbocycles. The van der Waals surface area contributed by atoms with Crippen molar-refractivity contribution in [3.05, 3.63) is 71.6 Å². The quantitative estimate of drug-likeness (QED) is 0.638. The number of carbonyl (C=O) groups excluding carboxylic acids is 1. The van der Waals surface area contributed by atoms with Crippen molar-refractivity contribution in [1.29, 1.82) is 0 Å². The van der Waals surface area contributed by atoms with Gasteiger partial charge in [-0.3, -0.25) is 4.79 Å². The van der Waals surface area contributed by atoms with Crippen LogP contribution in [0.25, 0.3) is 11.5 Å². The van der Waals surface area contributed by atoms with E-state index in [4.69, 9.17) is 4.42 Å². The second-order valence-corrected chi connectivity index (χ2v) is 5.97. The van der Waals surface area contributed by atoms with Gasteiger partial charge in [-0.15, -0.1) is 0 Å². The Morgan fingerprint density at radius 2 is 1.81 bits per heavy atom. The zero-order valence-corrected chi connectivity index (χ0v) is 14.9. The van der Waals surface area contributed by atoms with Crippen LogP contribution >= 0.6 is 0 Å². The Balaban J connectivity index is 1.71. The third-order valence-electron chi connectivity index (χ3n) is 3.93. The number of alkyl halides is 2. The summed E-state index contributed by atoms with van der Waals surface area (Å²) in [6.45, 7) is -0.883. The molecule has 1 aromatic heterocycles. The summed E-state index contributed by atoms with van der Waals surface area (Å²) in [4.78, 5) is 18.5. The predicted molar refractivity (Wildman–Crippen MR) is 95.5 cm³/mol. The number of hydrogen-bond acceptors (Lipinski definition) is 4. The van der Waals surface area contributed by atoms with E-state index in [0.29, 0.717) is 18.2 Å². The average molecular weight is 372 g/mol. The molecule has 2 aromatic carbocycles. The van der Waals surface area contributed by atoms with Crippen LogP contribution in [0.4, 0.5) is 8.78 Å². The molecule has 0 aliphatic rings. The maximum atomic E-state index is 12.7. The Bertz CT molecular complexity index is 909. The molecule has 1 heterocycles. The van der Waals surface area contributed by atoms with Crippen molar-refractivity contribution in [2.45, 2.75) is 20.1 Å². The molecule has 0 atom stereocenters. The molecule has 0 N–H and O–H groups in total. The fraction of sp³-hybridized carbons (Fsp3) is 0.200. The Hall–Kier alpha value is -3.22. The number of aromatic nitrogens is 1. The van der Waals surface area contributed by atoms with E-state index in [1.165, 1.54) is 17.0 Å². The van der Waals surface area contributed by atoms with Crippen LogP contribution in [0.1, 0.15) is 21.8 Å². The topological polar surface area (TPSA) is 55.6 Å². The first-order chi connectivity index (χ1) is 12.9. The molecule has 0 radical (unpaired) electrons. The number of rotatable bonds is 6. The number of oxazole rings is 1. The van der Waals surface area contributed by atoms with Gasteiger partial charge in [0.15, 0.2) is 5.69 Å². The number of carbonyl (C=O) groups is 1. The third kappa shape index (κ3) is 4.49. The van der Waals surface area contributed by atoms with Crippen LogP contribution in [-0.4, -0.2) is 29.5 Å². The van der Waals surface area contributed by atoms with Gasteiger partial charge in [0, 0.05) is 19.2 Å². The van der Waals surface area contributed by atoms with Crippen molar-refractivity contribution in [3.8, 4) is 17.2 Å². The summed E-state index contributed by atoms with van der Waals surface area (Å²) in [6.07, 6.45) is 0. The zero-order chi connectivity index (χ0) is 19.4. The van der Waals surface area contributed by atoms with Crippen LogP contribution in [0.15, 0.2) is 59.0 Å². The lowest BCUT2D eigenvalue weighted by Gasteiger charge is -2.16. The molecular weight excluding hydrogens is 354 g/mol. The summed E-state index contributed by atoms with van der Waals surface area (Å²) in [5.41, 5.74) is 1.81. The normalized spacial score (nSPS) is 10.9. The number of hydrogen-bond donors (Lipinski definition) is 0. The van der Waals surface area contributed by atoms with E-state index < -0.39 is 6.61 Å². The Kier molecular flexibility index (Phi) is 5.49. The monoisotopic (exact) mass is 372 g/mol. The van der Waals surface area contributed by atoms with E-state index in [0.717, 1.165) is 11.1 Å². The van der Waals surface area contributed by atoms with E-state index >= 15 is 0 Å². The molecular formula is C20H18F2N2O3. The van der Waals surface area contributed by atoms with Gasteiger partial charge in [0.05, 0.1) is 0 Å². The second kappa shape index (κ2) is 7.99. The summed E-state index contributed by atoms with van der Waals surface area (Å²) in [5, 5.41) is 0. The Morgan fingerprint density at radius 1 is 1.15 bits per heavy atom. The number of benzene rings is 2. The van der Waals surface area contributed by atoms with Gasteiger partial charge in [-0.05, 0) is 36.8 Å². The molecule has 0 saturated heterocycles. The van der Waals surface area contributed by atoms with Crippen LogP contribution in [-0.2, 0) is 6.54 Å². The molecule has 1 amide bonds. The van der Waals surface area contributed by atoms with Gasteiger partial charge in [0.25, 0.3) is 5.91 Å². The molecule has 0 saturated carbocycles. The predicted octanol–water partition coefficient (Wildman–Crippen LogP) is 4.52. The molecule has 0 fully saturated rings. The second-order valence-electron chi connectivity index (χ2n) is 5.97. The van der Waals surface area contributed by atoms with E-state index in [1.807, 2.05) is 30.3 Å². The number of aryl methyl sites for hydroxylation is 1. The molecule has 3 rings (SSSR count). The van der Waals surface area contributed by atoms with Crippen molar-refractivity contribution in [1.82, 2.24) is 9.88 Å². The number of amides is 1. The zero-order valence-electron chi connectivity index (χ0n) is 14.9. The summed E-state index contributed by atoms with van der Waals surface area (Å²) in [5.74, 6) is 0.610. The lowest BCUT2D eigenvalue weighted by molar-refractivity contribution is -0.0498. The van der Waals surface area contributed by atoms with E-state index in [2.05, 4.69) is 9.72 Å². The molecule has 3 aromatic rings. The Labute approximate surface area is 155 Å². The molecule has 0 aliphatic heterocycles. The fourth-order valence-corrected chi connectivity index (χ4v) is 2.60. The first kappa shape index (κ1) is 18.6. The SMILES string of the molecule is Cc1oc(-c2ccccc2)nc1C(=O)N(C)Cc1ccc(OC(F)F)cc1. The molecule has 7 heteroatoms. The summed E-state index contributed by atoms with van der Waals surface area (Å²) in [7, 11) is 1.64. The van der Waals surface area contributed by atoms with Crippen molar-refractivity contribution in [3.63, 3.8) is 0 Å². The highest BCUT2D eigenvalue weighted by Crippen LogP contribution is 2.23. The standard InChI is InChI=1S/C20H18F2N2O3/c1-13-17(23-18(26-13)15-6-4-3-5-7-15)19(25)24(2)12-14-8-10-16(11-9-14)27-20(21)22/h3-11,20H,12H2,1-2H3. The van der Waals surface area contributed by atoms with Gasteiger partial charge in [-0.2, -0.15) is 8.78 Å². The van der Waals surface area contributed by atoms with Crippen LogP contribution in [0, 0.1) is 6.92 Å². The number of halogens is 2. The lowest BCUT2D eigenvalue weighted by Crippen LogP contribution is -2.27. The number of ether oxygens (including phenoxy) is 1. The fourth-order valence-electron chi connectivity index (χ4n) is 2.60. The highest BCUT2D eigenvalue weighted by molar-refractivity contribution is 5.93. The highest BCUT2D eigenvalue weighted by Gasteiger charge is 2.21. The minimum Gasteiger partial charge on any atom is -0.441 e. The van der Waals surface area contributed by atoms with Crippen molar-refractivity contribution < 1.29 is 22.7 Å². The first-order valence-electron chi connectivity index (χ1n) is 8.26. The van der Waals surface area contributed by atoms with Crippen molar-refractivity contribution in [2.75, 3.05) is 7.05 Å². The lowest BCUT2D eigenvalue weighted by atomic mass is 10.2. The Morgan fingerprint density at radius 3 is 2.44 bits per heavy atom. The van der Waals surface area contributed by atoms with Gasteiger partial charge in [0.2, 0.25) is 5.89 Å². The van der Waals surface area contributed by atoms with Crippen LogP contribution in [0.2, 0.25) is 0 Å². The molecule has 0 spiro atoms.